The molecule has 10 aromatic rings. The van der Waals surface area contributed by atoms with E-state index in [1.165, 1.54) is 75.4 Å². The van der Waals surface area contributed by atoms with Crippen LogP contribution in [0.4, 0.5) is 0 Å². The summed E-state index contributed by atoms with van der Waals surface area (Å²) < 4.78 is 0. The lowest BCUT2D eigenvalue weighted by Crippen LogP contribution is -1.81. The van der Waals surface area contributed by atoms with Gasteiger partial charge >= 0.3 is 0 Å². The monoisotopic (exact) mass is 584 g/mol. The smallest absolute Gasteiger partial charge is 0.00990 e. The highest BCUT2D eigenvalue weighted by molar-refractivity contribution is 6.25. The number of fused-ring (bicyclic) bond motifs is 11. The van der Waals surface area contributed by atoms with Gasteiger partial charge < -0.3 is 0 Å². The molecular formula is C46H32. The fraction of sp³-hybridized carbons (Fsp3) is 0. The minimum atomic E-state index is 1.31. The molecule has 0 amide bonds. The molecule has 10 aromatic carbocycles. The van der Waals surface area contributed by atoms with Gasteiger partial charge in [-0.2, -0.15) is 0 Å². The first-order valence-electron chi connectivity index (χ1n) is 15.9. The van der Waals surface area contributed by atoms with E-state index >= 15 is 0 Å². The maximum atomic E-state index is 2.24. The van der Waals surface area contributed by atoms with Crippen LogP contribution in [0.1, 0.15) is 0 Å². The first-order valence-corrected chi connectivity index (χ1v) is 15.9. The Kier molecular flexibility index (Phi) is 7.30. The summed E-state index contributed by atoms with van der Waals surface area (Å²) in [6, 6.07) is 68.8. The molecule has 46 heavy (non-hydrogen) atoms. The van der Waals surface area contributed by atoms with Crippen LogP contribution in [-0.4, -0.2) is 0 Å². The molecular weight excluding hydrogens is 553 g/mol. The molecule has 0 bridgehead atoms. The summed E-state index contributed by atoms with van der Waals surface area (Å²) in [5, 5.41) is 18.6. The first kappa shape index (κ1) is 27.6. The zero-order valence-electron chi connectivity index (χ0n) is 25.5. The quantitative estimate of drug-likeness (QED) is 0.123. The molecule has 10 rings (SSSR count). The maximum absolute atomic E-state index is 2.24. The average Bonchev–Trinajstić information content (AvgIpc) is 3.14. The lowest BCUT2D eigenvalue weighted by molar-refractivity contribution is 1.76. The van der Waals surface area contributed by atoms with Crippen molar-refractivity contribution in [2.24, 2.45) is 0 Å². The van der Waals surface area contributed by atoms with Crippen molar-refractivity contribution in [1.82, 2.24) is 0 Å². The van der Waals surface area contributed by atoms with Gasteiger partial charge in [-0.1, -0.05) is 182 Å². The molecule has 0 aliphatic rings. The summed E-state index contributed by atoms with van der Waals surface area (Å²) in [7, 11) is 0. The second kappa shape index (κ2) is 12.2. The predicted molar refractivity (Wildman–Crippen MR) is 202 cm³/mol. The van der Waals surface area contributed by atoms with E-state index in [0.29, 0.717) is 0 Å². The van der Waals surface area contributed by atoms with Gasteiger partial charge in [-0.3, -0.25) is 0 Å². The minimum absolute atomic E-state index is 1.31. The zero-order valence-corrected chi connectivity index (χ0v) is 25.5. The fourth-order valence-corrected chi connectivity index (χ4v) is 6.70. The minimum Gasteiger partial charge on any atom is -0.0616 e. The molecule has 0 heterocycles. The Morgan fingerprint density at radius 1 is 0.152 bits per heavy atom. The van der Waals surface area contributed by atoms with Gasteiger partial charge in [-0.05, 0) is 87.5 Å². The molecule has 0 aromatic heterocycles. The largest absolute Gasteiger partial charge is 0.0616 e. The zero-order chi connectivity index (χ0) is 30.7. The van der Waals surface area contributed by atoms with E-state index in [0.717, 1.165) is 0 Å². The van der Waals surface area contributed by atoms with Crippen molar-refractivity contribution in [3.8, 4) is 0 Å². The standard InChI is InChI=1S/C18H12.2C14H10/c1-2-8-14-13(7-1)15-9-3-4-11-17(15)18-12-6-5-10-16(14)18;1-3-7-13-11(5-1)9-10-12-6-2-4-8-14(12)13;1-2-6-12-10-14-8-4-3-7-13(14)9-11(12)5-1/h1-12H;2*1-10H. The summed E-state index contributed by atoms with van der Waals surface area (Å²) in [5.41, 5.74) is 0. The number of hydrogen-bond acceptors (Lipinski definition) is 0. The van der Waals surface area contributed by atoms with E-state index < -0.39 is 0 Å². The van der Waals surface area contributed by atoms with E-state index in [1.807, 2.05) is 0 Å². The van der Waals surface area contributed by atoms with Crippen molar-refractivity contribution in [3.63, 3.8) is 0 Å². The number of benzene rings is 10. The highest BCUT2D eigenvalue weighted by Crippen LogP contribution is 2.34. The SMILES string of the molecule is c1ccc2c(c1)c1ccccc1c1ccccc21.c1ccc2c(c1)ccc1ccccc12.c1ccc2cc3ccccc3cc2c1. The van der Waals surface area contributed by atoms with E-state index in [-0.39, 0.29) is 0 Å². The van der Waals surface area contributed by atoms with Crippen LogP contribution in [0.3, 0.4) is 0 Å². The second-order valence-electron chi connectivity index (χ2n) is 11.7. The lowest BCUT2D eigenvalue weighted by Gasteiger charge is -2.09. The van der Waals surface area contributed by atoms with Crippen molar-refractivity contribution in [2.45, 2.75) is 0 Å². The van der Waals surface area contributed by atoms with Gasteiger partial charge in [0.25, 0.3) is 0 Å². The first-order chi connectivity index (χ1) is 22.8. The normalized spacial score (nSPS) is 11.0. The molecule has 0 radical (unpaired) electrons. The van der Waals surface area contributed by atoms with Gasteiger partial charge in [0.05, 0.1) is 0 Å². The lowest BCUT2D eigenvalue weighted by atomic mass is 9.95. The Hall–Kier alpha value is -5.98. The van der Waals surface area contributed by atoms with Crippen LogP contribution in [-0.2, 0) is 0 Å². The van der Waals surface area contributed by atoms with Crippen molar-refractivity contribution in [1.29, 1.82) is 0 Å². The summed E-state index contributed by atoms with van der Waals surface area (Å²) in [6.07, 6.45) is 0. The summed E-state index contributed by atoms with van der Waals surface area (Å²) >= 11 is 0. The average molecular weight is 585 g/mol. The Morgan fingerprint density at radius 3 is 0.609 bits per heavy atom. The second-order valence-corrected chi connectivity index (χ2v) is 11.7. The van der Waals surface area contributed by atoms with E-state index in [9.17, 15) is 0 Å². The van der Waals surface area contributed by atoms with Crippen LogP contribution in [0.15, 0.2) is 194 Å². The van der Waals surface area contributed by atoms with Crippen molar-refractivity contribution < 1.29 is 0 Å². The van der Waals surface area contributed by atoms with Crippen LogP contribution in [0.2, 0.25) is 0 Å². The molecule has 0 aliphatic carbocycles. The summed E-state index contributed by atoms with van der Waals surface area (Å²) in [4.78, 5) is 0. The third-order valence-corrected chi connectivity index (χ3v) is 8.92. The van der Waals surface area contributed by atoms with Gasteiger partial charge in [-0.25, -0.2) is 0 Å². The molecule has 0 N–H and O–H groups in total. The fourth-order valence-electron chi connectivity index (χ4n) is 6.70. The van der Waals surface area contributed by atoms with Crippen LogP contribution in [0, 0.1) is 0 Å². The number of rotatable bonds is 0. The summed E-state index contributed by atoms with van der Waals surface area (Å²) in [6.45, 7) is 0. The van der Waals surface area contributed by atoms with Crippen LogP contribution < -0.4 is 0 Å². The van der Waals surface area contributed by atoms with Gasteiger partial charge in [0.15, 0.2) is 0 Å². The van der Waals surface area contributed by atoms with Gasteiger partial charge in [0.1, 0.15) is 0 Å². The maximum Gasteiger partial charge on any atom is -0.00990 e. The third-order valence-electron chi connectivity index (χ3n) is 8.92. The molecule has 0 heteroatoms. The molecule has 0 atom stereocenters. The molecule has 216 valence electrons. The van der Waals surface area contributed by atoms with Crippen LogP contribution in [0.25, 0.3) is 75.4 Å². The summed E-state index contributed by atoms with van der Waals surface area (Å²) in [5.74, 6) is 0. The predicted octanol–water partition coefficient (Wildman–Crippen LogP) is 13.1. The van der Waals surface area contributed by atoms with Gasteiger partial charge in [0.2, 0.25) is 0 Å². The third kappa shape index (κ3) is 5.21. The van der Waals surface area contributed by atoms with Crippen molar-refractivity contribution in [2.75, 3.05) is 0 Å². The highest BCUT2D eigenvalue weighted by Gasteiger charge is 2.06. The highest BCUT2D eigenvalue weighted by atomic mass is 14.1. The Bertz CT molecular complexity index is 2250. The molecule has 0 unspecified atom stereocenters. The van der Waals surface area contributed by atoms with Gasteiger partial charge in [0, 0.05) is 0 Å². The topological polar surface area (TPSA) is 0 Å². The Labute approximate surface area is 268 Å². The molecule has 0 spiro atoms. The van der Waals surface area contributed by atoms with E-state index in [1.54, 1.807) is 0 Å². The van der Waals surface area contributed by atoms with E-state index in [2.05, 4.69) is 194 Å². The number of hydrogen-bond donors (Lipinski definition) is 0. The van der Waals surface area contributed by atoms with Crippen LogP contribution in [0.5, 0.6) is 0 Å². The van der Waals surface area contributed by atoms with Crippen LogP contribution >= 0.6 is 0 Å². The Morgan fingerprint density at radius 2 is 0.348 bits per heavy atom. The molecule has 0 fully saturated rings. The molecule has 0 aliphatic heterocycles. The van der Waals surface area contributed by atoms with Gasteiger partial charge in [-0.15, -0.1) is 0 Å². The van der Waals surface area contributed by atoms with E-state index in [4.69, 9.17) is 0 Å². The molecule has 0 nitrogen and oxygen atoms in total. The molecule has 0 saturated carbocycles. The van der Waals surface area contributed by atoms with Crippen molar-refractivity contribution in [3.05, 3.63) is 194 Å². The molecule has 0 saturated heterocycles. The Balaban J connectivity index is 0.000000103. The van der Waals surface area contributed by atoms with Crippen molar-refractivity contribution >= 4 is 75.4 Å².